The van der Waals surface area contributed by atoms with Crippen molar-refractivity contribution in [3.8, 4) is 11.5 Å². The molecule has 0 bridgehead atoms. The highest BCUT2D eigenvalue weighted by Crippen LogP contribution is 2.36. The first kappa shape index (κ1) is 26.4. The summed E-state index contributed by atoms with van der Waals surface area (Å²) in [4.78, 5) is 25.3. The highest BCUT2D eigenvalue weighted by Gasteiger charge is 2.33. The molecule has 1 saturated heterocycles. The fourth-order valence-electron chi connectivity index (χ4n) is 3.82. The van der Waals surface area contributed by atoms with Gasteiger partial charge in [-0.3, -0.25) is 14.5 Å². The van der Waals surface area contributed by atoms with E-state index in [2.05, 4.69) is 19.1 Å². The molecule has 1 aliphatic heterocycles. The third kappa shape index (κ3) is 6.78. The van der Waals surface area contributed by atoms with Crippen LogP contribution in [0.3, 0.4) is 0 Å². The first-order valence-corrected chi connectivity index (χ1v) is 13.0. The van der Waals surface area contributed by atoms with Crippen LogP contribution in [0.5, 0.6) is 11.5 Å². The molecule has 3 aromatic carbocycles. The summed E-state index contributed by atoms with van der Waals surface area (Å²) in [7, 11) is 0. The van der Waals surface area contributed by atoms with Gasteiger partial charge < -0.3 is 14.6 Å². The number of carboxylic acids is 1. The van der Waals surface area contributed by atoms with E-state index in [9.17, 15) is 9.59 Å². The smallest absolute Gasteiger partial charge is 0.323 e. The molecule has 37 heavy (non-hydrogen) atoms. The molecular weight excluding hydrogens is 506 g/mol. The van der Waals surface area contributed by atoms with Crippen molar-refractivity contribution in [3.05, 3.63) is 100 Å². The van der Waals surface area contributed by atoms with E-state index in [0.29, 0.717) is 23.0 Å². The SMILES string of the molecule is CC(Oc1cc(/C=C2\SC(=S)N(CC(=O)O)C2=O)ccc1OC[C@@H](C)c1ccccc1)c1ccccc1. The Kier molecular flexibility index (Phi) is 8.63. The van der Waals surface area contributed by atoms with E-state index in [-0.39, 0.29) is 16.3 Å². The van der Waals surface area contributed by atoms with Crippen molar-refractivity contribution in [2.75, 3.05) is 13.2 Å². The fourth-order valence-corrected chi connectivity index (χ4v) is 5.08. The lowest BCUT2D eigenvalue weighted by Crippen LogP contribution is -2.33. The topological polar surface area (TPSA) is 76.1 Å². The molecule has 0 aliphatic carbocycles. The lowest BCUT2D eigenvalue weighted by molar-refractivity contribution is -0.140. The summed E-state index contributed by atoms with van der Waals surface area (Å²) in [6.07, 6.45) is 1.46. The van der Waals surface area contributed by atoms with Gasteiger partial charge in [-0.05, 0) is 41.8 Å². The largest absolute Gasteiger partial charge is 0.489 e. The number of nitrogens with zero attached hydrogens (tertiary/aromatic N) is 1. The molecule has 190 valence electrons. The van der Waals surface area contributed by atoms with Crippen LogP contribution in [-0.2, 0) is 9.59 Å². The van der Waals surface area contributed by atoms with Crippen LogP contribution < -0.4 is 9.47 Å². The van der Waals surface area contributed by atoms with E-state index in [1.165, 1.54) is 5.56 Å². The van der Waals surface area contributed by atoms with Gasteiger partial charge in [-0.25, -0.2) is 0 Å². The predicted octanol–water partition coefficient (Wildman–Crippen LogP) is 6.29. The number of hydrogen-bond acceptors (Lipinski definition) is 6. The molecule has 1 fully saturated rings. The summed E-state index contributed by atoms with van der Waals surface area (Å²) in [6, 6.07) is 25.5. The lowest BCUT2D eigenvalue weighted by atomic mass is 10.0. The Morgan fingerprint density at radius 3 is 2.30 bits per heavy atom. The number of amides is 1. The minimum atomic E-state index is -1.12. The van der Waals surface area contributed by atoms with Crippen molar-refractivity contribution >= 4 is 46.3 Å². The quantitative estimate of drug-likeness (QED) is 0.242. The van der Waals surface area contributed by atoms with Gasteiger partial charge in [-0.1, -0.05) is 97.6 Å². The first-order chi connectivity index (χ1) is 17.8. The Balaban J connectivity index is 1.59. The maximum absolute atomic E-state index is 12.7. The molecule has 1 heterocycles. The number of carbonyl (C=O) groups is 2. The average molecular weight is 534 g/mol. The number of carbonyl (C=O) groups excluding carboxylic acids is 1. The number of ether oxygens (including phenoxy) is 2. The van der Waals surface area contributed by atoms with E-state index >= 15 is 0 Å². The molecule has 1 amide bonds. The summed E-state index contributed by atoms with van der Waals surface area (Å²) < 4.78 is 12.8. The summed E-state index contributed by atoms with van der Waals surface area (Å²) in [6.45, 7) is 4.08. The van der Waals surface area contributed by atoms with Gasteiger partial charge in [0, 0.05) is 5.92 Å². The van der Waals surface area contributed by atoms with Gasteiger partial charge >= 0.3 is 5.97 Å². The molecule has 0 spiro atoms. The van der Waals surface area contributed by atoms with Gasteiger partial charge in [0.05, 0.1) is 11.5 Å². The Hall–Kier alpha value is -3.62. The van der Waals surface area contributed by atoms with Crippen LogP contribution in [0.25, 0.3) is 6.08 Å². The molecule has 6 nitrogen and oxygen atoms in total. The van der Waals surface area contributed by atoms with Crippen LogP contribution in [0.4, 0.5) is 0 Å². The van der Waals surface area contributed by atoms with Crippen molar-refractivity contribution in [2.45, 2.75) is 25.9 Å². The van der Waals surface area contributed by atoms with Gasteiger partial charge in [-0.2, -0.15) is 0 Å². The molecule has 1 N–H and O–H groups in total. The molecule has 1 aliphatic rings. The monoisotopic (exact) mass is 533 g/mol. The number of hydrogen-bond donors (Lipinski definition) is 1. The highest BCUT2D eigenvalue weighted by atomic mass is 32.2. The van der Waals surface area contributed by atoms with Crippen molar-refractivity contribution in [2.24, 2.45) is 0 Å². The molecule has 0 saturated carbocycles. The average Bonchev–Trinajstić information content (AvgIpc) is 3.15. The Labute approximate surface area is 225 Å². The number of carboxylic acid groups (broad SMARTS) is 1. The maximum Gasteiger partial charge on any atom is 0.323 e. The van der Waals surface area contributed by atoms with Gasteiger partial charge in [0.1, 0.15) is 17.0 Å². The Morgan fingerprint density at radius 1 is 1.00 bits per heavy atom. The number of thiocarbonyl (C=S) groups is 1. The molecular formula is C29H27NO5S2. The van der Waals surface area contributed by atoms with Gasteiger partial charge in [-0.15, -0.1) is 0 Å². The van der Waals surface area contributed by atoms with Crippen molar-refractivity contribution < 1.29 is 24.2 Å². The van der Waals surface area contributed by atoms with Crippen LogP contribution in [0.2, 0.25) is 0 Å². The molecule has 3 aromatic rings. The molecule has 0 radical (unpaired) electrons. The highest BCUT2D eigenvalue weighted by molar-refractivity contribution is 8.26. The third-order valence-electron chi connectivity index (χ3n) is 5.86. The standard InChI is InChI=1S/C29H27NO5S2/c1-19(22-9-5-3-6-10-22)18-34-24-14-13-21(15-25(24)35-20(2)23-11-7-4-8-12-23)16-26-28(33)30(17-27(31)32)29(36)37-26/h3-16,19-20H,17-18H2,1-2H3,(H,31,32)/b26-16-/t19-,20?/m1/s1. The molecule has 0 aromatic heterocycles. The normalized spacial score (nSPS) is 16.1. The van der Waals surface area contributed by atoms with Crippen LogP contribution in [0.1, 0.15) is 42.6 Å². The van der Waals surface area contributed by atoms with E-state index in [1.807, 2.05) is 73.7 Å². The number of rotatable bonds is 10. The Morgan fingerprint density at radius 2 is 1.65 bits per heavy atom. The Bertz CT molecular complexity index is 1310. The lowest BCUT2D eigenvalue weighted by Gasteiger charge is -2.20. The van der Waals surface area contributed by atoms with Gasteiger partial charge in [0.2, 0.25) is 0 Å². The van der Waals surface area contributed by atoms with Crippen LogP contribution in [0.15, 0.2) is 83.8 Å². The van der Waals surface area contributed by atoms with Crippen LogP contribution in [0, 0.1) is 0 Å². The van der Waals surface area contributed by atoms with Crippen molar-refractivity contribution in [1.82, 2.24) is 4.90 Å². The van der Waals surface area contributed by atoms with Crippen molar-refractivity contribution in [3.63, 3.8) is 0 Å². The minimum Gasteiger partial charge on any atom is -0.489 e. The maximum atomic E-state index is 12.7. The van der Waals surface area contributed by atoms with Gasteiger partial charge in [0.15, 0.2) is 11.5 Å². The first-order valence-electron chi connectivity index (χ1n) is 11.8. The molecule has 1 unspecified atom stereocenters. The summed E-state index contributed by atoms with van der Waals surface area (Å²) >= 11 is 6.29. The zero-order valence-electron chi connectivity index (χ0n) is 20.5. The fraction of sp³-hybridized carbons (Fsp3) is 0.207. The number of benzene rings is 3. The van der Waals surface area contributed by atoms with E-state index < -0.39 is 18.4 Å². The molecule has 2 atom stereocenters. The van der Waals surface area contributed by atoms with E-state index in [0.717, 1.165) is 27.8 Å². The van der Waals surface area contributed by atoms with E-state index in [4.69, 9.17) is 26.8 Å². The van der Waals surface area contributed by atoms with Crippen LogP contribution >= 0.6 is 24.0 Å². The van der Waals surface area contributed by atoms with Crippen LogP contribution in [-0.4, -0.2) is 39.4 Å². The summed E-state index contributed by atoms with van der Waals surface area (Å²) in [5.74, 6) is -0.215. The third-order valence-corrected chi connectivity index (χ3v) is 7.24. The second kappa shape index (κ2) is 12.1. The molecule has 8 heteroatoms. The predicted molar refractivity (Wildman–Crippen MR) is 150 cm³/mol. The number of aliphatic carboxylic acids is 1. The summed E-state index contributed by atoms with van der Waals surface area (Å²) in [5.41, 5.74) is 2.92. The molecule has 4 rings (SSSR count). The van der Waals surface area contributed by atoms with Crippen molar-refractivity contribution in [1.29, 1.82) is 0 Å². The van der Waals surface area contributed by atoms with E-state index in [1.54, 1.807) is 6.08 Å². The summed E-state index contributed by atoms with van der Waals surface area (Å²) in [5, 5.41) is 9.08. The zero-order valence-corrected chi connectivity index (χ0v) is 22.1. The van der Waals surface area contributed by atoms with Gasteiger partial charge in [0.25, 0.3) is 5.91 Å². The number of thioether (sulfide) groups is 1. The second-order valence-electron chi connectivity index (χ2n) is 8.66. The zero-order chi connectivity index (χ0) is 26.4. The minimum absolute atomic E-state index is 0.177. The second-order valence-corrected chi connectivity index (χ2v) is 10.3.